The van der Waals surface area contributed by atoms with Crippen molar-refractivity contribution in [2.75, 3.05) is 0 Å². The molecule has 4 aromatic rings. The molecule has 2 heterocycles. The minimum absolute atomic E-state index is 0.180. The van der Waals surface area contributed by atoms with Gasteiger partial charge in [0.05, 0.1) is 12.1 Å². The third-order valence-corrected chi connectivity index (χ3v) is 6.37. The molecule has 0 spiro atoms. The molecule has 1 amide bonds. The first-order valence-electron chi connectivity index (χ1n) is 10.4. The summed E-state index contributed by atoms with van der Waals surface area (Å²) in [6.45, 7) is 0. The lowest BCUT2D eigenvalue weighted by molar-refractivity contribution is -0.139. The van der Waals surface area contributed by atoms with Crippen molar-refractivity contribution in [3.05, 3.63) is 93.1 Å². The minimum Gasteiger partial charge on any atom is -0.481 e. The number of nitrogens with one attached hydrogen (secondary N) is 2. The molecule has 0 aliphatic rings. The normalized spacial score (nSPS) is 12.8. The highest BCUT2D eigenvalue weighted by molar-refractivity contribution is 7.08. The van der Waals surface area contributed by atoms with Crippen LogP contribution in [0.25, 0.3) is 11.1 Å². The van der Waals surface area contributed by atoms with Crippen LogP contribution in [0.4, 0.5) is 4.39 Å². The molecule has 2 unspecified atom stereocenters. The molecule has 174 valence electrons. The van der Waals surface area contributed by atoms with Crippen LogP contribution in [0.15, 0.2) is 65.5 Å². The van der Waals surface area contributed by atoms with Gasteiger partial charge in [-0.2, -0.15) is 11.3 Å². The number of carbonyl (C=O) groups excluding carboxylic acids is 1. The number of nitrogens with zero attached hydrogens (tertiary/aromatic N) is 2. The molecule has 34 heavy (non-hydrogen) atoms. The van der Waals surface area contributed by atoms with E-state index in [1.54, 1.807) is 29.6 Å². The summed E-state index contributed by atoms with van der Waals surface area (Å²) in [5.74, 6) is -2.55. The average Bonchev–Trinajstić information content (AvgIpc) is 3.54. The number of aromatic amines is 1. The number of aliphatic carboxylic acids is 1. The second-order valence-corrected chi connectivity index (χ2v) is 8.97. The smallest absolute Gasteiger partial charge is 0.311 e. The van der Waals surface area contributed by atoms with Crippen LogP contribution in [0.5, 0.6) is 0 Å². The van der Waals surface area contributed by atoms with Gasteiger partial charge in [-0.05, 0) is 64.6 Å². The fraction of sp³-hybridized carbons (Fsp3) is 0.167. The van der Waals surface area contributed by atoms with E-state index in [4.69, 9.17) is 11.6 Å². The van der Waals surface area contributed by atoms with Crippen LogP contribution < -0.4 is 5.32 Å². The Kier molecular flexibility index (Phi) is 7.34. The van der Waals surface area contributed by atoms with Gasteiger partial charge in [-0.3, -0.25) is 14.7 Å². The van der Waals surface area contributed by atoms with Gasteiger partial charge in [-0.25, -0.2) is 4.39 Å². The second kappa shape index (κ2) is 10.6. The van der Waals surface area contributed by atoms with E-state index >= 15 is 0 Å². The Morgan fingerprint density at radius 2 is 1.97 bits per heavy atom. The average molecular weight is 499 g/mol. The highest BCUT2D eigenvalue weighted by Gasteiger charge is 2.26. The molecule has 0 aliphatic carbocycles. The number of hydrogen-bond donors (Lipinski definition) is 3. The van der Waals surface area contributed by atoms with Gasteiger partial charge in [0, 0.05) is 16.6 Å². The van der Waals surface area contributed by atoms with Gasteiger partial charge >= 0.3 is 5.97 Å². The largest absolute Gasteiger partial charge is 0.481 e. The summed E-state index contributed by atoms with van der Waals surface area (Å²) >= 11 is 7.43. The first kappa shape index (κ1) is 23.6. The van der Waals surface area contributed by atoms with E-state index in [2.05, 4.69) is 20.7 Å². The Labute approximate surface area is 203 Å². The lowest BCUT2D eigenvalue weighted by Gasteiger charge is -2.22. The number of carboxylic acids is 1. The SMILES string of the molecule is O=C(NC(Cc1ccc(-c2cc(Cl)ccc2F)cc1)CC(C(=O)O)c1ccsc1)c1cnn[nH]1. The zero-order valence-corrected chi connectivity index (χ0v) is 19.3. The monoisotopic (exact) mass is 498 g/mol. The molecule has 2 aromatic carbocycles. The van der Waals surface area contributed by atoms with Crippen molar-refractivity contribution in [3.63, 3.8) is 0 Å². The minimum atomic E-state index is -0.965. The number of halogens is 2. The Morgan fingerprint density at radius 3 is 2.62 bits per heavy atom. The lowest BCUT2D eigenvalue weighted by Crippen LogP contribution is -2.38. The number of H-pyrrole nitrogens is 1. The van der Waals surface area contributed by atoms with E-state index in [-0.39, 0.29) is 17.9 Å². The molecular formula is C24H20ClFN4O3S. The maximum absolute atomic E-state index is 14.2. The van der Waals surface area contributed by atoms with Gasteiger partial charge in [-0.1, -0.05) is 41.1 Å². The number of carboxylic acid groups (broad SMARTS) is 1. The van der Waals surface area contributed by atoms with Gasteiger partial charge in [0.2, 0.25) is 0 Å². The van der Waals surface area contributed by atoms with Gasteiger partial charge in [-0.15, -0.1) is 5.10 Å². The molecule has 4 rings (SSSR count). The van der Waals surface area contributed by atoms with Crippen LogP contribution in [-0.4, -0.2) is 38.4 Å². The summed E-state index contributed by atoms with van der Waals surface area (Å²) in [5, 5.41) is 26.4. The highest BCUT2D eigenvalue weighted by atomic mass is 35.5. The molecule has 10 heteroatoms. The molecule has 0 saturated carbocycles. The first-order chi connectivity index (χ1) is 16.4. The second-order valence-electron chi connectivity index (χ2n) is 7.75. The summed E-state index contributed by atoms with van der Waals surface area (Å²) in [6.07, 6.45) is 1.86. The van der Waals surface area contributed by atoms with Crippen molar-refractivity contribution in [2.24, 2.45) is 0 Å². The fourth-order valence-corrected chi connectivity index (χ4v) is 4.61. The summed E-state index contributed by atoms with van der Waals surface area (Å²) in [4.78, 5) is 24.6. The van der Waals surface area contributed by atoms with Crippen LogP contribution in [0.1, 0.15) is 34.0 Å². The zero-order chi connectivity index (χ0) is 24.1. The van der Waals surface area contributed by atoms with Crippen molar-refractivity contribution >= 4 is 34.8 Å². The van der Waals surface area contributed by atoms with E-state index in [1.807, 2.05) is 17.5 Å². The maximum atomic E-state index is 14.2. The van der Waals surface area contributed by atoms with E-state index in [9.17, 15) is 19.1 Å². The number of aromatic nitrogens is 3. The maximum Gasteiger partial charge on any atom is 0.311 e. The van der Waals surface area contributed by atoms with Crippen LogP contribution in [0, 0.1) is 5.82 Å². The number of amides is 1. The molecule has 0 aliphatic heterocycles. The van der Waals surface area contributed by atoms with Crippen molar-refractivity contribution in [2.45, 2.75) is 24.8 Å². The summed E-state index contributed by atoms with van der Waals surface area (Å²) < 4.78 is 14.2. The molecule has 0 fully saturated rings. The number of carbonyl (C=O) groups is 2. The van der Waals surface area contributed by atoms with Crippen molar-refractivity contribution in [3.8, 4) is 11.1 Å². The molecule has 3 N–H and O–H groups in total. The van der Waals surface area contributed by atoms with Crippen molar-refractivity contribution < 1.29 is 19.1 Å². The predicted octanol–water partition coefficient (Wildman–Crippen LogP) is 4.93. The molecule has 0 radical (unpaired) electrons. The molecule has 2 aromatic heterocycles. The topological polar surface area (TPSA) is 108 Å². The first-order valence-corrected chi connectivity index (χ1v) is 11.7. The molecular weight excluding hydrogens is 479 g/mol. The predicted molar refractivity (Wildman–Crippen MR) is 127 cm³/mol. The summed E-state index contributed by atoms with van der Waals surface area (Å²) in [5.41, 5.74) is 2.77. The van der Waals surface area contributed by atoms with Crippen molar-refractivity contribution in [1.29, 1.82) is 0 Å². The Bertz CT molecular complexity index is 1260. The van der Waals surface area contributed by atoms with E-state index in [0.717, 1.165) is 5.56 Å². The van der Waals surface area contributed by atoms with Crippen LogP contribution >= 0.6 is 22.9 Å². The van der Waals surface area contributed by atoms with Gasteiger partial charge in [0.25, 0.3) is 5.91 Å². The third kappa shape index (κ3) is 5.67. The van der Waals surface area contributed by atoms with Crippen molar-refractivity contribution in [1.82, 2.24) is 20.7 Å². The Morgan fingerprint density at radius 1 is 1.18 bits per heavy atom. The van der Waals surface area contributed by atoms with E-state index in [1.165, 1.54) is 29.7 Å². The van der Waals surface area contributed by atoms with E-state index in [0.29, 0.717) is 28.1 Å². The molecule has 0 saturated heterocycles. The van der Waals surface area contributed by atoms with Gasteiger partial charge in [0.15, 0.2) is 0 Å². The third-order valence-electron chi connectivity index (χ3n) is 5.43. The molecule has 2 atom stereocenters. The standard InChI is InChI=1S/C24H20ClFN4O3S/c25-17-5-6-21(26)19(10-17)15-3-1-14(2-4-15)9-18(28-23(31)22-12-27-30-29-22)11-20(24(32)33)16-7-8-34-13-16/h1-8,10,12-13,18,20H,9,11H2,(H,28,31)(H,32,33)(H,27,29,30). The Balaban J connectivity index is 1.56. The number of hydrogen-bond acceptors (Lipinski definition) is 5. The van der Waals surface area contributed by atoms with Crippen LogP contribution in [-0.2, 0) is 11.2 Å². The fourth-order valence-electron chi connectivity index (χ4n) is 3.72. The number of thiophene rings is 1. The van der Waals surface area contributed by atoms with Crippen LogP contribution in [0.2, 0.25) is 5.02 Å². The highest BCUT2D eigenvalue weighted by Crippen LogP contribution is 2.28. The molecule has 7 nitrogen and oxygen atoms in total. The summed E-state index contributed by atoms with van der Waals surface area (Å²) in [7, 11) is 0. The van der Waals surface area contributed by atoms with Gasteiger partial charge in [0.1, 0.15) is 11.5 Å². The van der Waals surface area contributed by atoms with E-state index < -0.39 is 23.8 Å². The number of benzene rings is 2. The quantitative estimate of drug-likeness (QED) is 0.303. The lowest BCUT2D eigenvalue weighted by atomic mass is 9.90. The van der Waals surface area contributed by atoms with Gasteiger partial charge < -0.3 is 10.4 Å². The molecule has 0 bridgehead atoms. The number of rotatable bonds is 9. The zero-order valence-electron chi connectivity index (χ0n) is 17.7. The summed E-state index contributed by atoms with van der Waals surface area (Å²) in [6, 6.07) is 12.8. The van der Waals surface area contributed by atoms with Crippen LogP contribution in [0.3, 0.4) is 0 Å². The Hall–Kier alpha value is -3.56.